The summed E-state index contributed by atoms with van der Waals surface area (Å²) in [5, 5.41) is 5.02. The molecule has 0 aromatic heterocycles. The van der Waals surface area contributed by atoms with Crippen LogP contribution in [0.4, 0.5) is 10.5 Å². The maximum Gasteiger partial charge on any atom is 0.333 e. The van der Waals surface area contributed by atoms with E-state index in [4.69, 9.17) is 39.5 Å². The summed E-state index contributed by atoms with van der Waals surface area (Å²) in [6.45, 7) is 1.49. The van der Waals surface area contributed by atoms with Crippen molar-refractivity contribution in [1.82, 2.24) is 10.2 Å². The molecule has 3 aliphatic rings. The molecular weight excluding hydrogens is 449 g/mol. The van der Waals surface area contributed by atoms with Gasteiger partial charge in [0.25, 0.3) is 0 Å². The molecule has 4 atom stereocenters. The van der Waals surface area contributed by atoms with Gasteiger partial charge in [0.1, 0.15) is 18.0 Å². The number of esters is 1. The standard InChI is InChI=1S/C17H16Cl3N3O4S/c1-15-7-16(15,13(25)27-8-17(18,19)20)23-11(24)10(12(23)28-15)22-14(26)21-9-5-3-2-4-6-9/h2-6,10,12H,7-8H2,1H3,(H2,21,22,26)/t10?,12-,15?,16?/m1/s1. The van der Waals surface area contributed by atoms with Crippen molar-refractivity contribution in [1.29, 1.82) is 0 Å². The second-order valence-electron chi connectivity index (χ2n) is 7.12. The first-order valence-corrected chi connectivity index (χ1v) is 10.5. The number of para-hydroxylation sites is 1. The number of nitrogens with one attached hydrogen (secondary N) is 2. The number of amides is 3. The number of anilines is 1. The predicted octanol–water partition coefficient (Wildman–Crippen LogP) is 2.91. The van der Waals surface area contributed by atoms with Gasteiger partial charge < -0.3 is 20.3 Å². The van der Waals surface area contributed by atoms with Crippen LogP contribution in [0.2, 0.25) is 0 Å². The van der Waals surface area contributed by atoms with Gasteiger partial charge in [-0.05, 0) is 19.1 Å². The quantitative estimate of drug-likeness (QED) is 0.406. The van der Waals surface area contributed by atoms with E-state index in [2.05, 4.69) is 10.6 Å². The Labute approximate surface area is 180 Å². The maximum atomic E-state index is 12.7. The Kier molecular flexibility index (Phi) is 4.69. The largest absolute Gasteiger partial charge is 0.459 e. The second-order valence-corrected chi connectivity index (χ2v) is 11.3. The number of thioether (sulfide) groups is 1. The topological polar surface area (TPSA) is 87.7 Å². The molecule has 11 heteroatoms. The van der Waals surface area contributed by atoms with Crippen molar-refractivity contribution in [2.45, 2.75) is 38.8 Å². The van der Waals surface area contributed by atoms with Crippen molar-refractivity contribution in [2.24, 2.45) is 0 Å². The van der Waals surface area contributed by atoms with Gasteiger partial charge in [-0.15, -0.1) is 11.8 Å². The van der Waals surface area contributed by atoms with Gasteiger partial charge in [0.2, 0.25) is 9.70 Å². The summed E-state index contributed by atoms with van der Waals surface area (Å²) >= 11 is 18.4. The fraction of sp³-hybridized carbons (Fsp3) is 0.471. The lowest BCUT2D eigenvalue weighted by molar-refractivity contribution is -0.165. The van der Waals surface area contributed by atoms with E-state index in [1.54, 1.807) is 24.3 Å². The molecule has 4 rings (SSSR count). The van der Waals surface area contributed by atoms with Gasteiger partial charge in [0, 0.05) is 12.1 Å². The van der Waals surface area contributed by atoms with Crippen LogP contribution in [-0.2, 0) is 14.3 Å². The molecule has 7 nitrogen and oxygen atoms in total. The van der Waals surface area contributed by atoms with E-state index in [1.807, 2.05) is 13.0 Å². The Balaban J connectivity index is 1.41. The molecule has 2 aliphatic heterocycles. The molecule has 1 aliphatic carbocycles. The van der Waals surface area contributed by atoms with Crippen molar-refractivity contribution in [3.8, 4) is 0 Å². The number of ether oxygens (including phenoxy) is 1. The maximum absolute atomic E-state index is 12.7. The van der Waals surface area contributed by atoms with Gasteiger partial charge >= 0.3 is 12.0 Å². The number of hydrogen-bond donors (Lipinski definition) is 2. The van der Waals surface area contributed by atoms with Crippen LogP contribution in [0, 0.1) is 0 Å². The number of alkyl halides is 3. The van der Waals surface area contributed by atoms with Crippen molar-refractivity contribution >= 4 is 70.2 Å². The fourth-order valence-corrected chi connectivity index (χ4v) is 5.87. The van der Waals surface area contributed by atoms with Gasteiger partial charge in [0.15, 0.2) is 5.54 Å². The molecule has 1 saturated carbocycles. The first-order valence-electron chi connectivity index (χ1n) is 8.45. The van der Waals surface area contributed by atoms with Crippen molar-refractivity contribution in [2.75, 3.05) is 11.9 Å². The van der Waals surface area contributed by atoms with Crippen LogP contribution in [0.15, 0.2) is 30.3 Å². The summed E-state index contributed by atoms with van der Waals surface area (Å²) < 4.78 is 2.95. The summed E-state index contributed by atoms with van der Waals surface area (Å²) in [5.41, 5.74) is -0.451. The number of nitrogens with zero attached hydrogens (tertiary/aromatic N) is 1. The Morgan fingerprint density at radius 3 is 2.64 bits per heavy atom. The first kappa shape index (κ1) is 19.9. The van der Waals surface area contributed by atoms with Gasteiger partial charge in [0.05, 0.1) is 4.75 Å². The number of fused-ring (bicyclic) bond motifs is 3. The average Bonchev–Trinajstić information content (AvgIpc) is 3.15. The average molecular weight is 465 g/mol. The van der Waals surface area contributed by atoms with Crippen LogP contribution in [0.1, 0.15) is 13.3 Å². The highest BCUT2D eigenvalue weighted by Crippen LogP contribution is 2.72. The van der Waals surface area contributed by atoms with E-state index < -0.39 is 38.7 Å². The van der Waals surface area contributed by atoms with Gasteiger partial charge in [-0.1, -0.05) is 53.0 Å². The minimum Gasteiger partial charge on any atom is -0.459 e. The molecule has 3 amide bonds. The number of hydrogen-bond acceptors (Lipinski definition) is 5. The molecule has 3 unspecified atom stereocenters. The zero-order valence-corrected chi connectivity index (χ0v) is 17.7. The van der Waals surface area contributed by atoms with Crippen LogP contribution >= 0.6 is 46.6 Å². The molecule has 2 N–H and O–H groups in total. The van der Waals surface area contributed by atoms with E-state index in [0.717, 1.165) is 0 Å². The highest BCUT2D eigenvalue weighted by atomic mass is 35.6. The Morgan fingerprint density at radius 1 is 1.32 bits per heavy atom. The summed E-state index contributed by atoms with van der Waals surface area (Å²) in [6.07, 6.45) is 0.467. The minimum absolute atomic E-state index is 0.326. The van der Waals surface area contributed by atoms with Crippen molar-refractivity contribution < 1.29 is 19.1 Å². The SMILES string of the molecule is CC12CC1(C(=O)OCC(Cl)(Cl)Cl)N1C(=O)C(NC(=O)Nc3ccccc3)[C@H]1S2. The summed E-state index contributed by atoms with van der Waals surface area (Å²) in [7, 11) is 0. The molecule has 28 heavy (non-hydrogen) atoms. The molecule has 2 saturated heterocycles. The van der Waals surface area contributed by atoms with Crippen LogP contribution in [0.25, 0.3) is 0 Å². The minimum atomic E-state index is -1.72. The van der Waals surface area contributed by atoms with Gasteiger partial charge in [-0.2, -0.15) is 0 Å². The normalized spacial score (nSPS) is 32.7. The van der Waals surface area contributed by atoms with E-state index in [9.17, 15) is 14.4 Å². The monoisotopic (exact) mass is 463 g/mol. The van der Waals surface area contributed by atoms with E-state index >= 15 is 0 Å². The molecule has 3 fully saturated rings. The molecule has 1 aromatic rings. The van der Waals surface area contributed by atoms with Crippen LogP contribution < -0.4 is 10.6 Å². The van der Waals surface area contributed by atoms with E-state index in [1.165, 1.54) is 16.7 Å². The lowest BCUT2D eigenvalue weighted by Gasteiger charge is -2.46. The third-order valence-corrected chi connectivity index (χ3v) is 7.26. The molecule has 150 valence electrons. The van der Waals surface area contributed by atoms with Crippen molar-refractivity contribution in [3.63, 3.8) is 0 Å². The zero-order valence-electron chi connectivity index (χ0n) is 14.6. The smallest absolute Gasteiger partial charge is 0.333 e. The molecule has 1 aromatic carbocycles. The Hall–Kier alpha value is -1.35. The summed E-state index contributed by atoms with van der Waals surface area (Å²) in [6, 6.07) is 7.70. The third-order valence-electron chi connectivity index (χ3n) is 5.20. The highest BCUT2D eigenvalue weighted by molar-refractivity contribution is 8.02. The number of β-lactam (4-membered cyclic amide) rings is 1. The van der Waals surface area contributed by atoms with Gasteiger partial charge in [-0.25, -0.2) is 9.59 Å². The molecule has 0 radical (unpaired) electrons. The van der Waals surface area contributed by atoms with Crippen molar-refractivity contribution in [3.05, 3.63) is 30.3 Å². The Morgan fingerprint density at radius 2 is 2.00 bits per heavy atom. The molecular formula is C17H16Cl3N3O4S. The number of carbonyl (C=O) groups is 3. The number of halogens is 3. The lowest BCUT2D eigenvalue weighted by Crippen LogP contribution is -2.72. The van der Waals surface area contributed by atoms with Crippen LogP contribution in [-0.4, -0.2) is 54.9 Å². The number of carbonyl (C=O) groups excluding carboxylic acids is 3. The first-order chi connectivity index (χ1) is 13.1. The predicted molar refractivity (Wildman–Crippen MR) is 108 cm³/mol. The molecule has 0 spiro atoms. The third kappa shape index (κ3) is 3.10. The summed E-state index contributed by atoms with van der Waals surface area (Å²) in [4.78, 5) is 39.1. The number of rotatable bonds is 4. The second kappa shape index (κ2) is 6.58. The lowest BCUT2D eigenvalue weighted by atomic mass is 10.0. The van der Waals surface area contributed by atoms with Gasteiger partial charge in [-0.3, -0.25) is 4.79 Å². The summed E-state index contributed by atoms with van der Waals surface area (Å²) in [5.74, 6) is -0.912. The van der Waals surface area contributed by atoms with Crippen LogP contribution in [0.5, 0.6) is 0 Å². The van der Waals surface area contributed by atoms with E-state index in [0.29, 0.717) is 12.1 Å². The number of benzene rings is 1. The van der Waals surface area contributed by atoms with Crippen LogP contribution in [0.3, 0.4) is 0 Å². The molecule has 2 heterocycles. The Bertz CT molecular complexity index is 852. The molecule has 0 bridgehead atoms. The number of urea groups is 1. The fourth-order valence-electron chi connectivity index (χ4n) is 3.80. The zero-order chi connectivity index (χ0) is 20.3. The highest BCUT2D eigenvalue weighted by Gasteiger charge is 2.85. The van der Waals surface area contributed by atoms with E-state index in [-0.39, 0.29) is 11.3 Å².